The Morgan fingerprint density at radius 1 is 0.732 bits per heavy atom. The summed E-state index contributed by atoms with van der Waals surface area (Å²) in [5.41, 5.74) is 22.6. The summed E-state index contributed by atoms with van der Waals surface area (Å²) >= 11 is 0. The van der Waals surface area contributed by atoms with Gasteiger partial charge in [-0.3, -0.25) is 0 Å². The van der Waals surface area contributed by atoms with Crippen molar-refractivity contribution in [2.75, 3.05) is 0 Å². The van der Waals surface area contributed by atoms with Gasteiger partial charge in [0.2, 0.25) is 6.04 Å². The summed E-state index contributed by atoms with van der Waals surface area (Å²) in [6.45, 7) is 20.9. The van der Waals surface area contributed by atoms with Crippen molar-refractivity contribution in [1.82, 2.24) is 4.57 Å². The smallest absolute Gasteiger partial charge is 0.377 e. The molecule has 4 atom stereocenters. The average Bonchev–Trinajstić information content (AvgIpc) is 3.82. The third-order valence-electron chi connectivity index (χ3n) is 13.8. The van der Waals surface area contributed by atoms with E-state index in [2.05, 4.69) is 173 Å². The number of aromatic nitrogens is 2. The van der Waals surface area contributed by atoms with E-state index in [1.807, 2.05) is 0 Å². The molecule has 2 aromatic heterocycles. The predicted octanol–water partition coefficient (Wildman–Crippen LogP) is 11.3. The van der Waals surface area contributed by atoms with Crippen LogP contribution in [0.4, 0.5) is 0 Å². The van der Waals surface area contributed by atoms with Crippen LogP contribution in [0, 0.1) is 34.6 Å². The summed E-state index contributed by atoms with van der Waals surface area (Å²) in [5, 5.41) is 2.64. The molecule has 0 saturated carbocycles. The number of aryl methyl sites for hydroxylation is 5. The van der Waals surface area contributed by atoms with Crippen molar-refractivity contribution < 1.29 is 13.9 Å². The maximum absolute atomic E-state index is 7.28. The van der Waals surface area contributed by atoms with Crippen LogP contribution in [0.3, 0.4) is 0 Å². The van der Waals surface area contributed by atoms with Gasteiger partial charge in [0.25, 0.3) is 0 Å². The average molecular weight is 734 g/mol. The standard InChI is InChI=1S/C52H51N3O/c1-28-14-16-31(4)37(20-28)40-26-41-38-21-29(2)15-17-43(38)54-45-23-30(3)22-42-39(45)27-47(55-50-36-13-11-10-12-34(36)24-46(50)56-51(42)55)53-19-18-35(52(7,8)9)25-44(53)32(5)48(40)33(6)49(41)54/h10-23,25-26,32,46-47,50H,24,27H2,1-9H3/q+2/t32?,46-,47?,50+/m0/s1. The van der Waals surface area contributed by atoms with Gasteiger partial charge in [0.15, 0.2) is 18.0 Å². The van der Waals surface area contributed by atoms with Gasteiger partial charge in [-0.1, -0.05) is 80.4 Å². The van der Waals surface area contributed by atoms with E-state index in [0.29, 0.717) is 0 Å². The molecule has 4 heteroatoms. The Bertz CT molecular complexity index is 2920. The fraction of sp³-hybridized carbons (Fsp3) is 0.308. The SMILES string of the molecule is Cc1ccc(C)c(-c2cc3c4cc(C)ccc4n4c3c(C)c2C(C)c2cc(C(C)(C)C)cc[n+]2C2Cc3c(cc(C)cc3-4)C3=[N+]2[C@@H]2c4ccccc4C[C@@H]2O3)c1. The van der Waals surface area contributed by atoms with Crippen LogP contribution >= 0.6 is 0 Å². The lowest BCUT2D eigenvalue weighted by Crippen LogP contribution is -2.53. The summed E-state index contributed by atoms with van der Waals surface area (Å²) in [6, 6.07) is 35.6. The second-order valence-corrected chi connectivity index (χ2v) is 18.5. The molecule has 0 radical (unpaired) electrons. The van der Waals surface area contributed by atoms with E-state index in [9.17, 15) is 0 Å². The third-order valence-corrected chi connectivity index (χ3v) is 13.8. The molecule has 1 aliphatic carbocycles. The van der Waals surface area contributed by atoms with Crippen LogP contribution in [0.15, 0.2) is 97.2 Å². The summed E-state index contributed by atoms with van der Waals surface area (Å²) in [7, 11) is 0. The molecule has 0 spiro atoms. The first-order chi connectivity index (χ1) is 26.9. The van der Waals surface area contributed by atoms with Gasteiger partial charge in [0, 0.05) is 40.5 Å². The maximum Gasteiger partial charge on any atom is 0.377 e. The zero-order valence-corrected chi connectivity index (χ0v) is 34.2. The monoisotopic (exact) mass is 733 g/mol. The van der Waals surface area contributed by atoms with Crippen LogP contribution < -0.4 is 4.57 Å². The summed E-state index contributed by atoms with van der Waals surface area (Å²) < 4.78 is 15.3. The van der Waals surface area contributed by atoms with Crippen molar-refractivity contribution in [2.24, 2.45) is 0 Å². The van der Waals surface area contributed by atoms with Gasteiger partial charge in [0.05, 0.1) is 28.2 Å². The van der Waals surface area contributed by atoms with Gasteiger partial charge in [-0.15, -0.1) is 9.14 Å². The molecule has 0 saturated heterocycles. The van der Waals surface area contributed by atoms with Gasteiger partial charge >= 0.3 is 12.1 Å². The second kappa shape index (κ2) is 11.5. The lowest BCUT2D eigenvalue weighted by Gasteiger charge is -2.26. The molecule has 3 aliphatic heterocycles. The molecular weight excluding hydrogens is 683 g/mol. The van der Waals surface area contributed by atoms with E-state index in [1.165, 1.54) is 106 Å². The molecular formula is C52H51N3O+2. The lowest BCUT2D eigenvalue weighted by molar-refractivity contribution is -0.895. The molecule has 11 rings (SSSR count). The Kier molecular flexibility index (Phi) is 6.97. The van der Waals surface area contributed by atoms with Crippen molar-refractivity contribution in [3.63, 3.8) is 0 Å². The summed E-state index contributed by atoms with van der Waals surface area (Å²) in [4.78, 5) is 0. The quantitative estimate of drug-likeness (QED) is 0.154. The van der Waals surface area contributed by atoms with Crippen molar-refractivity contribution in [3.8, 4) is 16.8 Å². The van der Waals surface area contributed by atoms with Gasteiger partial charge < -0.3 is 9.30 Å². The molecule has 0 N–H and O–H groups in total. The van der Waals surface area contributed by atoms with Crippen LogP contribution in [0.1, 0.15) is 113 Å². The van der Waals surface area contributed by atoms with Crippen LogP contribution in [0.2, 0.25) is 0 Å². The fourth-order valence-corrected chi connectivity index (χ4v) is 11.1. The molecule has 5 heterocycles. The molecule has 4 aliphatic rings. The molecule has 0 amide bonds. The molecule has 0 fully saturated rings. The minimum absolute atomic E-state index is 0.00580. The van der Waals surface area contributed by atoms with Crippen LogP contribution in [0.25, 0.3) is 38.6 Å². The molecule has 5 aromatic carbocycles. The van der Waals surface area contributed by atoms with Crippen LogP contribution in [-0.4, -0.2) is 21.1 Å². The molecule has 4 bridgehead atoms. The molecule has 278 valence electrons. The summed E-state index contributed by atoms with van der Waals surface area (Å²) in [5.74, 6) is 1.13. The zero-order valence-electron chi connectivity index (χ0n) is 34.2. The Hall–Kier alpha value is -5.48. The number of nitrogens with zero attached hydrogens (tertiary/aromatic N) is 3. The van der Waals surface area contributed by atoms with Gasteiger partial charge in [-0.25, -0.2) is 0 Å². The van der Waals surface area contributed by atoms with Crippen molar-refractivity contribution >= 4 is 27.7 Å². The van der Waals surface area contributed by atoms with Gasteiger partial charge in [-0.05, 0) is 122 Å². The number of fused-ring (bicyclic) bond motifs is 14. The first-order valence-electron chi connectivity index (χ1n) is 20.6. The predicted molar refractivity (Wildman–Crippen MR) is 228 cm³/mol. The topological polar surface area (TPSA) is 21.0 Å². The highest BCUT2D eigenvalue weighted by atomic mass is 16.5. The van der Waals surface area contributed by atoms with E-state index in [4.69, 9.17) is 4.74 Å². The lowest BCUT2D eigenvalue weighted by atomic mass is 9.81. The Labute approximate surface area is 330 Å². The normalized spacial score (nSPS) is 20.5. The third kappa shape index (κ3) is 4.59. The van der Waals surface area contributed by atoms with Crippen molar-refractivity contribution in [3.05, 3.63) is 164 Å². The zero-order chi connectivity index (χ0) is 38.5. The Balaban J connectivity index is 1.34. The van der Waals surface area contributed by atoms with E-state index >= 15 is 0 Å². The van der Waals surface area contributed by atoms with E-state index in [-0.39, 0.29) is 29.6 Å². The van der Waals surface area contributed by atoms with Crippen LogP contribution in [-0.2, 0) is 23.0 Å². The van der Waals surface area contributed by atoms with E-state index in [0.717, 1.165) is 18.7 Å². The molecule has 56 heavy (non-hydrogen) atoms. The Morgan fingerprint density at radius 3 is 2.32 bits per heavy atom. The molecule has 4 nitrogen and oxygen atoms in total. The minimum Gasteiger partial charge on any atom is -0.433 e. The number of hydrogen-bond donors (Lipinski definition) is 0. The van der Waals surface area contributed by atoms with E-state index in [1.54, 1.807) is 0 Å². The highest BCUT2D eigenvalue weighted by Gasteiger charge is 2.59. The number of rotatable bonds is 1. The van der Waals surface area contributed by atoms with Gasteiger partial charge in [-0.2, -0.15) is 0 Å². The molecule has 7 aromatic rings. The summed E-state index contributed by atoms with van der Waals surface area (Å²) in [6.07, 6.45) is 4.32. The first kappa shape index (κ1) is 33.8. The number of benzene rings is 5. The minimum atomic E-state index is -0.00580. The Morgan fingerprint density at radius 2 is 1.50 bits per heavy atom. The highest BCUT2D eigenvalue weighted by Crippen LogP contribution is 2.49. The fourth-order valence-electron chi connectivity index (χ4n) is 11.1. The second-order valence-electron chi connectivity index (χ2n) is 18.5. The molecule has 2 unspecified atom stereocenters. The van der Waals surface area contributed by atoms with Crippen molar-refractivity contribution in [2.45, 2.75) is 105 Å². The highest BCUT2D eigenvalue weighted by molar-refractivity contribution is 6.13. The van der Waals surface area contributed by atoms with E-state index < -0.39 is 0 Å². The first-order valence-corrected chi connectivity index (χ1v) is 20.6. The van der Waals surface area contributed by atoms with Crippen molar-refractivity contribution in [1.29, 1.82) is 0 Å². The number of pyridine rings is 1. The number of ether oxygens (including phenoxy) is 1. The number of hydrogen-bond acceptors (Lipinski definition) is 1. The van der Waals surface area contributed by atoms with Gasteiger partial charge in [0.1, 0.15) is 6.42 Å². The maximum atomic E-state index is 7.28. The van der Waals surface area contributed by atoms with Crippen LogP contribution in [0.5, 0.6) is 0 Å². The largest absolute Gasteiger partial charge is 0.433 e.